The summed E-state index contributed by atoms with van der Waals surface area (Å²) in [6, 6.07) is 19.0. The quantitative estimate of drug-likeness (QED) is 0.552. The number of halogens is 1. The molecule has 5 rings (SSSR count). The molecule has 204 valence electrons. The van der Waals surface area contributed by atoms with E-state index in [1.54, 1.807) is 6.07 Å². The van der Waals surface area contributed by atoms with Gasteiger partial charge in [0.25, 0.3) is 0 Å². The van der Waals surface area contributed by atoms with Gasteiger partial charge < -0.3 is 19.9 Å². The zero-order valence-corrected chi connectivity index (χ0v) is 22.5. The van der Waals surface area contributed by atoms with Crippen molar-refractivity contribution in [1.82, 2.24) is 10.2 Å². The molecule has 2 aromatic carbocycles. The van der Waals surface area contributed by atoms with Crippen LogP contribution in [0, 0.1) is 46.2 Å². The van der Waals surface area contributed by atoms with E-state index in [1.165, 1.54) is 19.2 Å². The number of hydrogen-bond acceptors (Lipinski definition) is 6. The lowest BCUT2D eigenvalue weighted by molar-refractivity contribution is 0.0938. The van der Waals surface area contributed by atoms with E-state index in [0.29, 0.717) is 11.5 Å². The third kappa shape index (κ3) is 5.44. The van der Waals surface area contributed by atoms with Crippen LogP contribution >= 0.6 is 0 Å². The van der Waals surface area contributed by atoms with Gasteiger partial charge in [-0.05, 0) is 86.7 Å². The summed E-state index contributed by atoms with van der Waals surface area (Å²) in [5, 5.41) is 22.8. The summed E-state index contributed by atoms with van der Waals surface area (Å²) in [6.07, 6.45) is 3.74. The Morgan fingerprint density at radius 3 is 2.49 bits per heavy atom. The number of piperidine rings is 1. The Bertz CT molecular complexity index is 1240. The van der Waals surface area contributed by atoms with E-state index in [9.17, 15) is 14.4 Å². The van der Waals surface area contributed by atoms with Crippen molar-refractivity contribution >= 4 is 11.8 Å². The van der Waals surface area contributed by atoms with E-state index in [1.807, 2.05) is 30.3 Å². The van der Waals surface area contributed by atoms with Crippen LogP contribution in [0.1, 0.15) is 43.2 Å². The van der Waals surface area contributed by atoms with Gasteiger partial charge >= 0.3 is 6.09 Å². The van der Waals surface area contributed by atoms with Crippen LogP contribution in [0.2, 0.25) is 0 Å². The molecule has 39 heavy (non-hydrogen) atoms. The first-order valence-corrected chi connectivity index (χ1v) is 14.0. The summed E-state index contributed by atoms with van der Waals surface area (Å²) in [5.74, 6) is 0.219. The number of rotatable bonds is 7. The van der Waals surface area contributed by atoms with E-state index in [0.717, 1.165) is 76.1 Å². The maximum Gasteiger partial charge on any atom is 0.407 e. The van der Waals surface area contributed by atoms with Crippen LogP contribution in [-0.4, -0.2) is 56.9 Å². The Labute approximate surface area is 230 Å². The smallest absolute Gasteiger partial charge is 0.407 e. The summed E-state index contributed by atoms with van der Waals surface area (Å²) in [5.41, 5.74) is 1.68. The highest BCUT2D eigenvalue weighted by Gasteiger charge is 2.52. The highest BCUT2D eigenvalue weighted by molar-refractivity contribution is 5.67. The summed E-state index contributed by atoms with van der Waals surface area (Å²) in [6.45, 7) is 4.83. The number of benzene rings is 2. The SMILES string of the molecule is COC(=O)N[C@H]1CCC[C@@H]1[C@](C#N)(c1cccc(F)c1)C1CCN(CC2CN(c3ccc(C#N)cc3)C2)CC1. The van der Waals surface area contributed by atoms with Crippen molar-refractivity contribution in [3.63, 3.8) is 0 Å². The standard InChI is InChI=1S/C31H36FN5O2/c1-39-30(38)35-29-7-3-6-28(29)31(21-34,25-4-2-5-26(32)16-25)24-12-14-36(15-13-24)18-23-19-37(20-23)27-10-8-22(17-33)9-11-27/h2,4-5,8-11,16,23-24,28-29H,3,6-7,12-15,18-20H2,1H3,(H,35,38)/t28-,29-,31-/m0/s1. The second-order valence-electron chi connectivity index (χ2n) is 11.3. The van der Waals surface area contributed by atoms with Crippen LogP contribution in [-0.2, 0) is 10.2 Å². The predicted molar refractivity (Wildman–Crippen MR) is 146 cm³/mol. The molecule has 1 N–H and O–H groups in total. The van der Waals surface area contributed by atoms with Gasteiger partial charge in [-0.2, -0.15) is 10.5 Å². The molecule has 0 radical (unpaired) electrons. The summed E-state index contributed by atoms with van der Waals surface area (Å²) in [4.78, 5) is 17.0. The second kappa shape index (κ2) is 11.6. The first-order chi connectivity index (χ1) is 19.0. The number of nitriles is 2. The van der Waals surface area contributed by atoms with Crippen molar-refractivity contribution in [2.24, 2.45) is 17.8 Å². The minimum Gasteiger partial charge on any atom is -0.453 e. The summed E-state index contributed by atoms with van der Waals surface area (Å²) < 4.78 is 19.3. The third-order valence-corrected chi connectivity index (χ3v) is 9.14. The molecular weight excluding hydrogens is 493 g/mol. The number of methoxy groups -OCH3 is 1. The van der Waals surface area contributed by atoms with Crippen LogP contribution in [0.4, 0.5) is 14.9 Å². The molecular formula is C31H36FN5O2. The molecule has 2 heterocycles. The number of nitrogens with one attached hydrogen (secondary N) is 1. The number of ether oxygens (including phenoxy) is 1. The Morgan fingerprint density at radius 2 is 1.85 bits per heavy atom. The Hall–Kier alpha value is -3.62. The fraction of sp³-hybridized carbons (Fsp3) is 0.516. The minimum atomic E-state index is -0.876. The van der Waals surface area contributed by atoms with Gasteiger partial charge in [-0.1, -0.05) is 18.6 Å². The number of carbonyl (C=O) groups is 1. The molecule has 2 saturated heterocycles. The van der Waals surface area contributed by atoms with E-state index in [4.69, 9.17) is 10.00 Å². The average molecular weight is 530 g/mol. The molecule has 1 aliphatic carbocycles. The number of carbonyl (C=O) groups excluding carboxylic acids is 1. The van der Waals surface area contributed by atoms with Crippen molar-refractivity contribution in [3.05, 3.63) is 65.5 Å². The normalized spacial score (nSPS) is 23.7. The predicted octanol–water partition coefficient (Wildman–Crippen LogP) is 4.83. The number of alkyl carbamates (subject to hydrolysis) is 1. The summed E-state index contributed by atoms with van der Waals surface area (Å²) in [7, 11) is 1.35. The van der Waals surface area contributed by atoms with Gasteiger partial charge in [0, 0.05) is 43.2 Å². The number of hydrogen-bond donors (Lipinski definition) is 1. The zero-order chi connectivity index (χ0) is 27.4. The minimum absolute atomic E-state index is 0.0714. The molecule has 3 aliphatic rings. The van der Waals surface area contributed by atoms with E-state index < -0.39 is 11.5 Å². The fourth-order valence-electron chi connectivity index (χ4n) is 7.20. The van der Waals surface area contributed by atoms with Gasteiger partial charge in [0.05, 0.1) is 30.2 Å². The van der Waals surface area contributed by atoms with E-state index in [2.05, 4.69) is 27.3 Å². The molecule has 1 saturated carbocycles. The lowest BCUT2D eigenvalue weighted by atomic mass is 9.59. The molecule has 7 nitrogen and oxygen atoms in total. The first kappa shape index (κ1) is 27.0. The Kier molecular flexibility index (Phi) is 8.04. The summed E-state index contributed by atoms with van der Waals surface area (Å²) >= 11 is 0. The fourth-order valence-corrected chi connectivity index (χ4v) is 7.20. The van der Waals surface area contributed by atoms with Gasteiger partial charge in [-0.25, -0.2) is 9.18 Å². The molecule has 0 bridgehead atoms. The van der Waals surface area contributed by atoms with Crippen LogP contribution in [0.3, 0.4) is 0 Å². The number of amides is 1. The maximum atomic E-state index is 14.5. The van der Waals surface area contributed by atoms with Crippen LogP contribution in [0.15, 0.2) is 48.5 Å². The highest BCUT2D eigenvalue weighted by atomic mass is 19.1. The highest BCUT2D eigenvalue weighted by Crippen LogP contribution is 2.50. The van der Waals surface area contributed by atoms with Crippen molar-refractivity contribution in [3.8, 4) is 12.1 Å². The largest absolute Gasteiger partial charge is 0.453 e. The van der Waals surface area contributed by atoms with Crippen LogP contribution in [0.25, 0.3) is 0 Å². The molecule has 0 spiro atoms. The van der Waals surface area contributed by atoms with Crippen molar-refractivity contribution < 1.29 is 13.9 Å². The van der Waals surface area contributed by atoms with Crippen molar-refractivity contribution in [2.45, 2.75) is 43.6 Å². The molecule has 3 fully saturated rings. The lowest BCUT2D eigenvalue weighted by Crippen LogP contribution is -2.55. The molecule has 0 aromatic heterocycles. The molecule has 3 atom stereocenters. The van der Waals surface area contributed by atoms with Crippen molar-refractivity contribution in [1.29, 1.82) is 10.5 Å². The molecule has 0 unspecified atom stereocenters. The second-order valence-corrected chi connectivity index (χ2v) is 11.3. The Morgan fingerprint density at radius 1 is 1.10 bits per heavy atom. The molecule has 1 amide bonds. The maximum absolute atomic E-state index is 14.5. The Balaban J connectivity index is 1.26. The molecule has 2 aliphatic heterocycles. The lowest BCUT2D eigenvalue weighted by Gasteiger charge is -2.48. The monoisotopic (exact) mass is 529 g/mol. The van der Waals surface area contributed by atoms with Crippen molar-refractivity contribution in [2.75, 3.05) is 44.7 Å². The van der Waals surface area contributed by atoms with Gasteiger partial charge in [-0.3, -0.25) is 0 Å². The van der Waals surface area contributed by atoms with E-state index in [-0.39, 0.29) is 23.7 Å². The molecule has 2 aromatic rings. The number of likely N-dealkylation sites (tertiary alicyclic amines) is 1. The average Bonchev–Trinajstić information content (AvgIpc) is 3.40. The van der Waals surface area contributed by atoms with Gasteiger partial charge in [0.1, 0.15) is 5.82 Å². The van der Waals surface area contributed by atoms with Gasteiger partial charge in [0.15, 0.2) is 0 Å². The van der Waals surface area contributed by atoms with E-state index >= 15 is 0 Å². The first-order valence-electron chi connectivity index (χ1n) is 14.0. The van der Waals surface area contributed by atoms with Crippen LogP contribution in [0.5, 0.6) is 0 Å². The molecule has 8 heteroatoms. The third-order valence-electron chi connectivity index (χ3n) is 9.14. The number of anilines is 1. The van der Waals surface area contributed by atoms with Gasteiger partial charge in [0.2, 0.25) is 0 Å². The number of nitrogens with zero attached hydrogens (tertiary/aromatic N) is 4. The van der Waals surface area contributed by atoms with Crippen LogP contribution < -0.4 is 10.2 Å². The zero-order valence-electron chi connectivity index (χ0n) is 22.5. The van der Waals surface area contributed by atoms with Gasteiger partial charge in [-0.15, -0.1) is 0 Å². The topological polar surface area (TPSA) is 92.4 Å².